The van der Waals surface area contributed by atoms with Crippen molar-refractivity contribution >= 4 is 16.9 Å². The predicted molar refractivity (Wildman–Crippen MR) is 124 cm³/mol. The van der Waals surface area contributed by atoms with E-state index < -0.39 is 0 Å². The first kappa shape index (κ1) is 22.7. The minimum Gasteiger partial charge on any atom is -0.490 e. The third-order valence-electron chi connectivity index (χ3n) is 5.46. The molecule has 0 fully saturated rings. The third-order valence-corrected chi connectivity index (χ3v) is 5.46. The summed E-state index contributed by atoms with van der Waals surface area (Å²) in [5, 5.41) is 3.07. The van der Waals surface area contributed by atoms with Crippen molar-refractivity contribution in [1.29, 1.82) is 0 Å². The average Bonchev–Trinajstić information content (AvgIpc) is 3.13. The highest BCUT2D eigenvalue weighted by molar-refractivity contribution is 5.78. The van der Waals surface area contributed by atoms with E-state index in [1.807, 2.05) is 49.4 Å². The summed E-state index contributed by atoms with van der Waals surface area (Å²) in [5.41, 5.74) is 2.03. The van der Waals surface area contributed by atoms with Crippen LogP contribution in [0.2, 0.25) is 0 Å². The van der Waals surface area contributed by atoms with E-state index in [0.29, 0.717) is 32.7 Å². The number of nitrogens with one attached hydrogen (secondary N) is 1. The number of rotatable bonds is 12. The van der Waals surface area contributed by atoms with Gasteiger partial charge in [-0.1, -0.05) is 38.1 Å². The maximum absolute atomic E-state index is 12.3. The first-order valence-electron chi connectivity index (χ1n) is 11.2. The van der Waals surface area contributed by atoms with Crippen LogP contribution in [0.1, 0.15) is 39.4 Å². The number of carbonyl (C=O) groups excluding carboxylic acids is 1. The summed E-state index contributed by atoms with van der Waals surface area (Å²) in [7, 11) is 0. The Hall–Kier alpha value is -3.02. The van der Waals surface area contributed by atoms with Crippen molar-refractivity contribution in [3.8, 4) is 11.5 Å². The van der Waals surface area contributed by atoms with E-state index in [9.17, 15) is 4.79 Å². The zero-order chi connectivity index (χ0) is 22.1. The van der Waals surface area contributed by atoms with Crippen molar-refractivity contribution in [3.63, 3.8) is 0 Å². The van der Waals surface area contributed by atoms with Crippen LogP contribution in [0.25, 0.3) is 11.0 Å². The number of imidazole rings is 1. The van der Waals surface area contributed by atoms with Crippen LogP contribution in [0.5, 0.6) is 11.5 Å². The Morgan fingerprint density at radius 2 is 1.68 bits per heavy atom. The normalized spacial score (nSPS) is 11.1. The molecule has 31 heavy (non-hydrogen) atoms. The fourth-order valence-electron chi connectivity index (χ4n) is 3.76. The zero-order valence-electron chi connectivity index (χ0n) is 18.8. The number of aromatic nitrogens is 2. The lowest BCUT2D eigenvalue weighted by Crippen LogP contribution is -2.32. The largest absolute Gasteiger partial charge is 0.490 e. The molecule has 1 amide bonds. The highest BCUT2D eigenvalue weighted by Crippen LogP contribution is 2.26. The number of carbonyl (C=O) groups is 1. The van der Waals surface area contributed by atoms with E-state index in [1.54, 1.807) is 0 Å². The van der Waals surface area contributed by atoms with E-state index in [2.05, 4.69) is 29.8 Å². The van der Waals surface area contributed by atoms with Gasteiger partial charge in [-0.05, 0) is 44.0 Å². The van der Waals surface area contributed by atoms with Gasteiger partial charge in [-0.2, -0.15) is 0 Å². The smallest absolute Gasteiger partial charge is 0.223 e. The molecular formula is C25H33N3O3. The Labute approximate surface area is 184 Å². The molecule has 0 aliphatic rings. The summed E-state index contributed by atoms with van der Waals surface area (Å²) >= 11 is 0. The maximum Gasteiger partial charge on any atom is 0.223 e. The number of fused-ring (bicyclic) bond motifs is 1. The Bertz CT molecular complexity index is 979. The van der Waals surface area contributed by atoms with Crippen LogP contribution in [-0.2, 0) is 17.8 Å². The molecule has 0 unspecified atom stereocenters. The first-order valence-corrected chi connectivity index (χ1v) is 11.2. The summed E-state index contributed by atoms with van der Waals surface area (Å²) in [6, 6.07) is 15.8. The molecule has 1 heterocycles. The van der Waals surface area contributed by atoms with Gasteiger partial charge in [0, 0.05) is 18.9 Å². The van der Waals surface area contributed by atoms with Gasteiger partial charge in [-0.3, -0.25) is 4.79 Å². The van der Waals surface area contributed by atoms with Crippen LogP contribution in [0, 0.1) is 5.92 Å². The Kier molecular flexibility index (Phi) is 8.33. The zero-order valence-corrected chi connectivity index (χ0v) is 18.8. The number of hydrogen-bond donors (Lipinski definition) is 1. The number of hydrogen-bond acceptors (Lipinski definition) is 4. The fourth-order valence-corrected chi connectivity index (χ4v) is 3.76. The standard InChI is InChI=1S/C25H33N3O3/c1-4-19(5-2)25(29)26-16-15-24-27-20-11-7-8-12-21(20)28(24)17-18-31-23-14-10-9-13-22(23)30-6-3/h7-14,19H,4-6,15-18H2,1-3H3,(H,26,29). The van der Waals surface area contributed by atoms with Gasteiger partial charge in [-0.15, -0.1) is 0 Å². The molecule has 3 aromatic rings. The molecule has 0 aliphatic heterocycles. The molecule has 1 N–H and O–H groups in total. The monoisotopic (exact) mass is 423 g/mol. The molecular weight excluding hydrogens is 390 g/mol. The molecule has 6 nitrogen and oxygen atoms in total. The first-order chi connectivity index (χ1) is 15.2. The molecule has 6 heteroatoms. The van der Waals surface area contributed by atoms with Crippen LogP contribution in [-0.4, -0.2) is 35.2 Å². The summed E-state index contributed by atoms with van der Waals surface area (Å²) in [6.07, 6.45) is 2.40. The lowest BCUT2D eigenvalue weighted by Gasteiger charge is -2.14. The van der Waals surface area contributed by atoms with Crippen molar-refractivity contribution < 1.29 is 14.3 Å². The van der Waals surface area contributed by atoms with Gasteiger partial charge in [0.05, 0.1) is 24.2 Å². The molecule has 0 atom stereocenters. The number of ether oxygens (including phenoxy) is 2. The SMILES string of the molecule is CCOc1ccccc1OCCn1c(CCNC(=O)C(CC)CC)nc2ccccc21. The Morgan fingerprint density at radius 3 is 2.39 bits per heavy atom. The number of nitrogens with zero attached hydrogens (tertiary/aromatic N) is 2. The van der Waals surface area contributed by atoms with Crippen molar-refractivity contribution in [2.75, 3.05) is 19.8 Å². The molecule has 2 aromatic carbocycles. The average molecular weight is 424 g/mol. The van der Waals surface area contributed by atoms with Gasteiger partial charge in [0.15, 0.2) is 11.5 Å². The highest BCUT2D eigenvalue weighted by atomic mass is 16.5. The van der Waals surface area contributed by atoms with Crippen LogP contribution >= 0.6 is 0 Å². The second-order valence-corrected chi connectivity index (χ2v) is 7.45. The van der Waals surface area contributed by atoms with E-state index in [1.165, 1.54) is 0 Å². The summed E-state index contributed by atoms with van der Waals surface area (Å²) in [4.78, 5) is 17.1. The molecule has 3 rings (SSSR count). The van der Waals surface area contributed by atoms with E-state index in [0.717, 1.165) is 41.2 Å². The van der Waals surface area contributed by atoms with Gasteiger partial charge in [0.25, 0.3) is 0 Å². The number of para-hydroxylation sites is 4. The van der Waals surface area contributed by atoms with E-state index in [4.69, 9.17) is 14.5 Å². The van der Waals surface area contributed by atoms with E-state index in [-0.39, 0.29) is 11.8 Å². The number of amides is 1. The molecule has 0 aliphatic carbocycles. The summed E-state index contributed by atoms with van der Waals surface area (Å²) in [5.74, 6) is 2.66. The minimum absolute atomic E-state index is 0.0811. The fraction of sp³-hybridized carbons (Fsp3) is 0.440. The third kappa shape index (κ3) is 5.78. The van der Waals surface area contributed by atoms with Gasteiger partial charge >= 0.3 is 0 Å². The van der Waals surface area contributed by atoms with E-state index >= 15 is 0 Å². The minimum atomic E-state index is 0.0811. The van der Waals surface area contributed by atoms with Crippen molar-refractivity contribution in [3.05, 3.63) is 54.4 Å². The Balaban J connectivity index is 1.67. The van der Waals surface area contributed by atoms with Crippen LogP contribution in [0.3, 0.4) is 0 Å². The molecule has 0 saturated heterocycles. The summed E-state index contributed by atoms with van der Waals surface area (Å²) in [6.45, 7) is 8.40. The Morgan fingerprint density at radius 1 is 1.00 bits per heavy atom. The number of benzene rings is 2. The predicted octanol–water partition coefficient (Wildman–Crippen LogP) is 4.61. The summed E-state index contributed by atoms with van der Waals surface area (Å²) < 4.78 is 13.9. The lowest BCUT2D eigenvalue weighted by molar-refractivity contribution is -0.125. The van der Waals surface area contributed by atoms with Gasteiger partial charge in [-0.25, -0.2) is 4.98 Å². The van der Waals surface area contributed by atoms with Crippen LogP contribution in [0.15, 0.2) is 48.5 Å². The molecule has 1 aromatic heterocycles. The molecule has 0 bridgehead atoms. The highest BCUT2D eigenvalue weighted by Gasteiger charge is 2.15. The second kappa shape index (κ2) is 11.4. The molecule has 0 spiro atoms. The van der Waals surface area contributed by atoms with Gasteiger partial charge in [0.2, 0.25) is 5.91 Å². The van der Waals surface area contributed by atoms with Gasteiger partial charge < -0.3 is 19.4 Å². The topological polar surface area (TPSA) is 65.4 Å². The van der Waals surface area contributed by atoms with Crippen molar-refractivity contribution in [1.82, 2.24) is 14.9 Å². The van der Waals surface area contributed by atoms with Crippen LogP contribution in [0.4, 0.5) is 0 Å². The molecule has 0 saturated carbocycles. The second-order valence-electron chi connectivity index (χ2n) is 7.45. The van der Waals surface area contributed by atoms with Crippen molar-refractivity contribution in [2.24, 2.45) is 5.92 Å². The van der Waals surface area contributed by atoms with Crippen molar-refractivity contribution in [2.45, 2.75) is 46.6 Å². The van der Waals surface area contributed by atoms with Crippen LogP contribution < -0.4 is 14.8 Å². The molecule has 0 radical (unpaired) electrons. The lowest BCUT2D eigenvalue weighted by atomic mass is 10.0. The van der Waals surface area contributed by atoms with Gasteiger partial charge in [0.1, 0.15) is 12.4 Å². The molecule has 166 valence electrons. The maximum atomic E-state index is 12.3. The quantitative estimate of drug-likeness (QED) is 0.462.